The molecule has 1 saturated heterocycles. The van der Waals surface area contributed by atoms with Crippen LogP contribution in [0.5, 0.6) is 0 Å². The van der Waals surface area contributed by atoms with Crippen LogP contribution >= 0.6 is 0 Å². The number of hydrogen-bond acceptors (Lipinski definition) is 6. The number of Topliss-reactive ketones (excluding diaryl/α,β-unsaturated/α-hetero) is 1. The number of ketones is 1. The van der Waals surface area contributed by atoms with Crippen molar-refractivity contribution in [2.24, 2.45) is 5.73 Å². The van der Waals surface area contributed by atoms with Crippen molar-refractivity contribution in [1.82, 2.24) is 19.8 Å². The van der Waals surface area contributed by atoms with Gasteiger partial charge >= 0.3 is 0 Å². The number of imidazole rings is 1. The largest absolute Gasteiger partial charge is 0.393 e. The molecule has 4 aromatic rings. The lowest BCUT2D eigenvalue weighted by molar-refractivity contribution is 0.0793. The molecule has 0 aliphatic carbocycles. The van der Waals surface area contributed by atoms with E-state index in [2.05, 4.69) is 21.3 Å². The maximum Gasteiger partial charge on any atom is 0.183 e. The molecular weight excluding hydrogens is 505 g/mol. The number of hydrogen-bond donors (Lipinski definition) is 3. The van der Waals surface area contributed by atoms with Crippen LogP contribution in [0, 0.1) is 5.82 Å². The molecule has 0 radical (unpaired) electrons. The molecular formula is C32H34FN5O2. The van der Waals surface area contributed by atoms with E-state index >= 15 is 4.39 Å². The number of nitrogens with zero attached hydrogens (tertiary/aromatic N) is 3. The predicted molar refractivity (Wildman–Crippen MR) is 152 cm³/mol. The van der Waals surface area contributed by atoms with Crippen LogP contribution in [-0.4, -0.2) is 44.5 Å². The number of carbonyl (C=O) groups excluding carboxylic acids is 1. The van der Waals surface area contributed by atoms with Gasteiger partial charge in [-0.15, -0.1) is 0 Å². The lowest BCUT2D eigenvalue weighted by atomic mass is 9.94. The van der Waals surface area contributed by atoms with Crippen LogP contribution in [0.1, 0.15) is 58.2 Å². The van der Waals surface area contributed by atoms with E-state index in [1.807, 2.05) is 48.5 Å². The van der Waals surface area contributed by atoms with Crippen molar-refractivity contribution < 1.29 is 14.3 Å². The van der Waals surface area contributed by atoms with Crippen LogP contribution in [0.15, 0.2) is 73.1 Å². The molecule has 0 amide bonds. The van der Waals surface area contributed by atoms with E-state index in [1.54, 1.807) is 23.0 Å². The van der Waals surface area contributed by atoms with E-state index < -0.39 is 6.04 Å². The van der Waals surface area contributed by atoms with Gasteiger partial charge in [-0.3, -0.25) is 14.3 Å². The molecule has 6 rings (SSSR count). The van der Waals surface area contributed by atoms with Crippen molar-refractivity contribution in [2.75, 3.05) is 13.1 Å². The molecule has 8 heteroatoms. The Morgan fingerprint density at radius 3 is 2.67 bits per heavy atom. The van der Waals surface area contributed by atoms with Gasteiger partial charge in [0.25, 0.3) is 0 Å². The van der Waals surface area contributed by atoms with Crippen LogP contribution in [0.2, 0.25) is 0 Å². The lowest BCUT2D eigenvalue weighted by Crippen LogP contribution is -2.35. The van der Waals surface area contributed by atoms with E-state index in [4.69, 9.17) is 5.73 Å². The first-order valence-electron chi connectivity index (χ1n) is 13.9. The highest BCUT2D eigenvalue weighted by atomic mass is 19.1. The number of likely N-dealkylation sites (tertiary alicyclic amines) is 1. The van der Waals surface area contributed by atoms with Crippen LogP contribution in [0.3, 0.4) is 0 Å². The number of aliphatic hydroxyl groups excluding tert-OH is 1. The van der Waals surface area contributed by atoms with Crippen LogP contribution in [0.4, 0.5) is 4.39 Å². The van der Waals surface area contributed by atoms with Crippen LogP contribution in [0.25, 0.3) is 16.8 Å². The second kappa shape index (κ2) is 11.4. The van der Waals surface area contributed by atoms with Gasteiger partial charge in [0.15, 0.2) is 5.78 Å². The van der Waals surface area contributed by atoms with Crippen LogP contribution in [-0.2, 0) is 19.6 Å². The number of fused-ring (bicyclic) bond motifs is 1. The number of halogens is 1. The van der Waals surface area contributed by atoms with E-state index in [9.17, 15) is 9.90 Å². The monoisotopic (exact) mass is 539 g/mol. The Labute approximate surface area is 233 Å². The third kappa shape index (κ3) is 5.36. The number of aromatic nitrogens is 2. The minimum Gasteiger partial charge on any atom is -0.393 e. The molecule has 206 valence electrons. The summed E-state index contributed by atoms with van der Waals surface area (Å²) in [4.78, 5) is 20.3. The summed E-state index contributed by atoms with van der Waals surface area (Å²) in [5, 5.41) is 13.2. The van der Waals surface area contributed by atoms with Gasteiger partial charge in [-0.1, -0.05) is 48.5 Å². The number of aliphatic hydroxyl groups is 1. The van der Waals surface area contributed by atoms with Gasteiger partial charge in [-0.05, 0) is 53.3 Å². The van der Waals surface area contributed by atoms with E-state index in [0.717, 1.165) is 60.4 Å². The zero-order chi connectivity index (χ0) is 27.6. The summed E-state index contributed by atoms with van der Waals surface area (Å²) in [5.41, 5.74) is 12.2. The molecule has 1 unspecified atom stereocenters. The van der Waals surface area contributed by atoms with Gasteiger partial charge in [-0.25, -0.2) is 9.37 Å². The van der Waals surface area contributed by atoms with Gasteiger partial charge < -0.3 is 16.2 Å². The van der Waals surface area contributed by atoms with Gasteiger partial charge in [0.05, 0.1) is 11.8 Å². The third-order valence-electron chi connectivity index (χ3n) is 8.09. The minimum absolute atomic E-state index is 0.0823. The Hall–Kier alpha value is -3.69. The smallest absolute Gasteiger partial charge is 0.183 e. The summed E-state index contributed by atoms with van der Waals surface area (Å²) in [6, 6.07) is 20.7. The minimum atomic E-state index is -0.463. The number of nitrogens with one attached hydrogen (secondary N) is 1. The third-order valence-corrected chi connectivity index (χ3v) is 8.09. The summed E-state index contributed by atoms with van der Waals surface area (Å²) in [5.74, 6) is -0.419. The second-order valence-corrected chi connectivity index (χ2v) is 10.7. The molecule has 3 heterocycles. The molecule has 0 saturated carbocycles. The Morgan fingerprint density at radius 1 is 1.05 bits per heavy atom. The predicted octanol–water partition coefficient (Wildman–Crippen LogP) is 4.51. The van der Waals surface area contributed by atoms with E-state index in [-0.39, 0.29) is 24.1 Å². The van der Waals surface area contributed by atoms with Gasteiger partial charge in [0.2, 0.25) is 0 Å². The second-order valence-electron chi connectivity index (χ2n) is 10.7. The number of nitrogens with two attached hydrogens (primary N) is 1. The van der Waals surface area contributed by atoms with E-state index in [0.29, 0.717) is 30.0 Å². The molecule has 3 aromatic carbocycles. The molecule has 7 nitrogen and oxygen atoms in total. The summed E-state index contributed by atoms with van der Waals surface area (Å²) < 4.78 is 17.5. The van der Waals surface area contributed by atoms with Crippen molar-refractivity contribution in [1.29, 1.82) is 0 Å². The van der Waals surface area contributed by atoms with Crippen molar-refractivity contribution in [3.05, 3.63) is 107 Å². The molecule has 2 aliphatic rings. The van der Waals surface area contributed by atoms with E-state index in [1.165, 1.54) is 0 Å². The highest BCUT2D eigenvalue weighted by Crippen LogP contribution is 2.32. The standard InChI is InChI=1S/C32H34FN5O2/c33-28-15-22(26-7-2-1-5-23(26)19-37-12-10-25(39)11-13-37)8-9-27(28)29-16-31(40)32-30(18-35-29)36-20-38(32)24-6-3-4-21(14-24)17-34/h1-9,14-15,20,25,29,35,39H,10-13,16-19,34H2. The zero-order valence-corrected chi connectivity index (χ0v) is 22.4. The summed E-state index contributed by atoms with van der Waals surface area (Å²) in [7, 11) is 0. The highest BCUT2D eigenvalue weighted by molar-refractivity contribution is 5.97. The van der Waals surface area contributed by atoms with Gasteiger partial charge in [0, 0.05) is 56.4 Å². The quantitative estimate of drug-likeness (QED) is 0.334. The molecule has 2 aliphatic heterocycles. The normalized spacial score (nSPS) is 18.5. The number of rotatable bonds is 6. The molecule has 0 bridgehead atoms. The number of carbonyl (C=O) groups is 1. The number of piperidine rings is 1. The highest BCUT2D eigenvalue weighted by Gasteiger charge is 2.29. The fourth-order valence-corrected chi connectivity index (χ4v) is 5.87. The number of benzene rings is 3. The topological polar surface area (TPSA) is 96.4 Å². The molecule has 40 heavy (non-hydrogen) atoms. The molecule has 4 N–H and O–H groups in total. The van der Waals surface area contributed by atoms with Crippen molar-refractivity contribution in [3.8, 4) is 16.8 Å². The SMILES string of the molecule is NCc1cccc(-n2cnc3c2C(=O)CC(c2ccc(-c4ccccc4CN4CCC(O)CC4)cc2F)NC3)c1. The first-order chi connectivity index (χ1) is 19.5. The fourth-order valence-electron chi connectivity index (χ4n) is 5.87. The Bertz CT molecular complexity index is 1530. The maximum absolute atomic E-state index is 15.7. The van der Waals surface area contributed by atoms with Crippen molar-refractivity contribution in [2.45, 2.75) is 51.0 Å². The molecule has 1 atom stereocenters. The molecule has 1 fully saturated rings. The molecule has 1 aromatic heterocycles. The van der Waals surface area contributed by atoms with Gasteiger partial charge in [-0.2, -0.15) is 0 Å². The summed E-state index contributed by atoms with van der Waals surface area (Å²) >= 11 is 0. The fraction of sp³-hybridized carbons (Fsp3) is 0.312. The average molecular weight is 540 g/mol. The maximum atomic E-state index is 15.7. The van der Waals surface area contributed by atoms with Gasteiger partial charge in [0.1, 0.15) is 17.8 Å². The van der Waals surface area contributed by atoms with Crippen molar-refractivity contribution >= 4 is 5.78 Å². The first kappa shape index (κ1) is 26.5. The van der Waals surface area contributed by atoms with Crippen LogP contribution < -0.4 is 11.1 Å². The Kier molecular flexibility index (Phi) is 7.58. The molecule has 0 spiro atoms. The average Bonchev–Trinajstić information content (AvgIpc) is 3.34. The van der Waals surface area contributed by atoms with Crippen molar-refractivity contribution in [3.63, 3.8) is 0 Å². The summed E-state index contributed by atoms with van der Waals surface area (Å²) in [6.07, 6.45) is 3.13. The first-order valence-corrected chi connectivity index (χ1v) is 13.9. The Balaban J connectivity index is 1.23. The summed E-state index contributed by atoms with van der Waals surface area (Å²) in [6.45, 7) is 3.23. The zero-order valence-electron chi connectivity index (χ0n) is 22.4. The Morgan fingerprint density at radius 2 is 1.88 bits per heavy atom. The lowest BCUT2D eigenvalue weighted by Gasteiger charge is -2.30.